The van der Waals surface area contributed by atoms with Crippen molar-refractivity contribution in [2.24, 2.45) is 0 Å². The molecular weight excluding hydrogens is 268 g/mol. The second-order valence-corrected chi connectivity index (χ2v) is 4.31. The van der Waals surface area contributed by atoms with Crippen molar-refractivity contribution >= 4 is 23.0 Å². The van der Waals surface area contributed by atoms with Crippen molar-refractivity contribution in [1.82, 2.24) is 0 Å². The lowest BCUT2D eigenvalue weighted by Gasteiger charge is -2.08. The molecule has 0 fully saturated rings. The molecule has 0 aromatic heterocycles. The number of rotatable bonds is 4. The van der Waals surface area contributed by atoms with E-state index >= 15 is 0 Å². The van der Waals surface area contributed by atoms with Crippen molar-refractivity contribution in [3.8, 4) is 5.75 Å². The first-order valence-corrected chi connectivity index (χ1v) is 5.86. The van der Waals surface area contributed by atoms with E-state index in [0.717, 1.165) is 5.56 Å². The van der Waals surface area contributed by atoms with Gasteiger partial charge in [0, 0.05) is 5.02 Å². The van der Waals surface area contributed by atoms with E-state index in [1.54, 1.807) is 24.3 Å². The third kappa shape index (κ3) is 3.14. The topological polar surface area (TPSA) is 78.4 Å². The Hall–Kier alpha value is -2.27. The van der Waals surface area contributed by atoms with E-state index in [2.05, 4.69) is 0 Å². The Kier molecular flexibility index (Phi) is 3.87. The van der Waals surface area contributed by atoms with Crippen LogP contribution in [0.2, 0.25) is 5.02 Å². The van der Waals surface area contributed by atoms with Gasteiger partial charge in [0.1, 0.15) is 12.3 Å². The SMILES string of the molecule is Nc1cccc(OCc2cccc(Cl)c2)c1[N+](=O)[O-]. The fourth-order valence-corrected chi connectivity index (χ4v) is 1.85. The average molecular weight is 279 g/mol. The molecule has 0 aliphatic heterocycles. The van der Waals surface area contributed by atoms with Crippen LogP contribution in [0.4, 0.5) is 11.4 Å². The molecule has 0 atom stereocenters. The largest absolute Gasteiger partial charge is 0.482 e. The highest BCUT2D eigenvalue weighted by Gasteiger charge is 2.18. The molecule has 2 aromatic carbocycles. The summed E-state index contributed by atoms with van der Waals surface area (Å²) in [5, 5.41) is 11.5. The lowest BCUT2D eigenvalue weighted by Crippen LogP contribution is -2.01. The number of ether oxygens (including phenoxy) is 1. The summed E-state index contributed by atoms with van der Waals surface area (Å²) in [6, 6.07) is 11.7. The number of nitrogen functional groups attached to an aromatic ring is 1. The molecule has 0 heterocycles. The highest BCUT2D eigenvalue weighted by Crippen LogP contribution is 2.33. The van der Waals surface area contributed by atoms with Gasteiger partial charge in [-0.1, -0.05) is 29.8 Å². The summed E-state index contributed by atoms with van der Waals surface area (Å²) < 4.78 is 5.44. The fourth-order valence-electron chi connectivity index (χ4n) is 1.64. The van der Waals surface area contributed by atoms with E-state index < -0.39 is 4.92 Å². The standard InChI is InChI=1S/C13H11ClN2O3/c14-10-4-1-3-9(7-10)8-19-12-6-2-5-11(15)13(12)16(17)18/h1-7H,8,15H2. The van der Waals surface area contributed by atoms with Crippen LogP contribution in [0.3, 0.4) is 0 Å². The maximum Gasteiger partial charge on any atom is 0.333 e. The summed E-state index contributed by atoms with van der Waals surface area (Å²) in [5.74, 6) is 0.143. The molecule has 0 aliphatic carbocycles. The Bertz CT molecular complexity index is 617. The van der Waals surface area contributed by atoms with Gasteiger partial charge in [0.25, 0.3) is 0 Å². The van der Waals surface area contributed by atoms with Crippen molar-refractivity contribution in [1.29, 1.82) is 0 Å². The Morgan fingerprint density at radius 1 is 1.26 bits per heavy atom. The third-order valence-electron chi connectivity index (χ3n) is 2.50. The molecule has 0 amide bonds. The highest BCUT2D eigenvalue weighted by molar-refractivity contribution is 6.30. The molecule has 98 valence electrons. The molecule has 0 unspecified atom stereocenters. The highest BCUT2D eigenvalue weighted by atomic mass is 35.5. The molecule has 0 spiro atoms. The quantitative estimate of drug-likeness (QED) is 0.528. The second-order valence-electron chi connectivity index (χ2n) is 3.87. The van der Waals surface area contributed by atoms with E-state index in [0.29, 0.717) is 5.02 Å². The molecular formula is C13H11ClN2O3. The molecule has 6 heteroatoms. The van der Waals surface area contributed by atoms with Crippen LogP contribution in [-0.4, -0.2) is 4.92 Å². The van der Waals surface area contributed by atoms with Crippen LogP contribution in [0.15, 0.2) is 42.5 Å². The summed E-state index contributed by atoms with van der Waals surface area (Å²) in [6.07, 6.45) is 0. The first kappa shape index (κ1) is 13.2. The van der Waals surface area contributed by atoms with Gasteiger partial charge in [-0.2, -0.15) is 0 Å². The Balaban J connectivity index is 2.20. The van der Waals surface area contributed by atoms with Crippen LogP contribution in [0.1, 0.15) is 5.56 Å². The molecule has 2 aromatic rings. The number of anilines is 1. The zero-order valence-electron chi connectivity index (χ0n) is 9.88. The average Bonchev–Trinajstić information content (AvgIpc) is 2.36. The Morgan fingerprint density at radius 3 is 2.68 bits per heavy atom. The number of nitrogens with zero attached hydrogens (tertiary/aromatic N) is 1. The van der Waals surface area contributed by atoms with E-state index in [-0.39, 0.29) is 23.7 Å². The van der Waals surface area contributed by atoms with Crippen molar-refractivity contribution < 1.29 is 9.66 Å². The molecule has 0 bridgehead atoms. The molecule has 0 saturated carbocycles. The number of para-hydroxylation sites is 1. The maximum atomic E-state index is 10.9. The monoisotopic (exact) mass is 278 g/mol. The van der Waals surface area contributed by atoms with Gasteiger partial charge in [0.2, 0.25) is 0 Å². The van der Waals surface area contributed by atoms with E-state index in [4.69, 9.17) is 22.1 Å². The zero-order chi connectivity index (χ0) is 13.8. The zero-order valence-corrected chi connectivity index (χ0v) is 10.6. The minimum atomic E-state index is -0.553. The van der Waals surface area contributed by atoms with E-state index in [9.17, 15) is 10.1 Å². The molecule has 2 N–H and O–H groups in total. The molecule has 0 radical (unpaired) electrons. The summed E-state index contributed by atoms with van der Waals surface area (Å²) in [5.41, 5.74) is 6.26. The van der Waals surface area contributed by atoms with Gasteiger partial charge >= 0.3 is 5.69 Å². The van der Waals surface area contributed by atoms with Gasteiger partial charge in [0.05, 0.1) is 4.92 Å². The third-order valence-corrected chi connectivity index (χ3v) is 2.73. The second kappa shape index (κ2) is 5.58. The number of hydrogen-bond donors (Lipinski definition) is 1. The predicted molar refractivity (Wildman–Crippen MR) is 73.3 cm³/mol. The lowest BCUT2D eigenvalue weighted by molar-refractivity contribution is -0.385. The van der Waals surface area contributed by atoms with Crippen LogP contribution >= 0.6 is 11.6 Å². The Labute approximate surface area is 114 Å². The first-order chi connectivity index (χ1) is 9.08. The van der Waals surface area contributed by atoms with Gasteiger partial charge in [-0.3, -0.25) is 10.1 Å². The van der Waals surface area contributed by atoms with E-state index in [1.807, 2.05) is 6.07 Å². The number of nitro groups is 1. The van der Waals surface area contributed by atoms with Crippen LogP contribution in [0.5, 0.6) is 5.75 Å². The summed E-state index contributed by atoms with van der Waals surface area (Å²) >= 11 is 5.85. The first-order valence-electron chi connectivity index (χ1n) is 5.48. The molecule has 19 heavy (non-hydrogen) atoms. The minimum absolute atomic E-state index is 0.0774. The summed E-state index contributed by atoms with van der Waals surface area (Å²) in [7, 11) is 0. The molecule has 5 nitrogen and oxygen atoms in total. The van der Waals surface area contributed by atoms with Crippen LogP contribution in [-0.2, 0) is 6.61 Å². The molecule has 2 rings (SSSR count). The number of benzene rings is 2. The number of nitrogens with two attached hydrogens (primary N) is 1. The fraction of sp³-hybridized carbons (Fsp3) is 0.0769. The van der Waals surface area contributed by atoms with Gasteiger partial charge < -0.3 is 10.5 Å². The number of halogens is 1. The predicted octanol–water partition coefficient (Wildman–Crippen LogP) is 3.41. The normalized spacial score (nSPS) is 10.2. The van der Waals surface area contributed by atoms with Crippen LogP contribution in [0.25, 0.3) is 0 Å². The number of hydrogen-bond acceptors (Lipinski definition) is 4. The maximum absolute atomic E-state index is 10.9. The van der Waals surface area contributed by atoms with Crippen molar-refractivity contribution in [2.45, 2.75) is 6.61 Å². The van der Waals surface area contributed by atoms with Gasteiger partial charge in [-0.05, 0) is 29.8 Å². The molecule has 0 aliphatic rings. The number of nitro benzene ring substituents is 1. The summed E-state index contributed by atoms with van der Waals surface area (Å²) in [6.45, 7) is 0.185. The van der Waals surface area contributed by atoms with Crippen LogP contribution in [0, 0.1) is 10.1 Å². The summed E-state index contributed by atoms with van der Waals surface area (Å²) in [4.78, 5) is 10.4. The Morgan fingerprint density at radius 2 is 2.00 bits per heavy atom. The van der Waals surface area contributed by atoms with Crippen LogP contribution < -0.4 is 10.5 Å². The minimum Gasteiger partial charge on any atom is -0.482 e. The smallest absolute Gasteiger partial charge is 0.333 e. The van der Waals surface area contributed by atoms with Crippen molar-refractivity contribution in [3.05, 3.63) is 63.2 Å². The van der Waals surface area contributed by atoms with Gasteiger partial charge in [-0.15, -0.1) is 0 Å². The lowest BCUT2D eigenvalue weighted by atomic mass is 10.2. The van der Waals surface area contributed by atoms with Gasteiger partial charge in [0.15, 0.2) is 5.75 Å². The molecule has 0 saturated heterocycles. The van der Waals surface area contributed by atoms with Crippen molar-refractivity contribution in [3.63, 3.8) is 0 Å². The van der Waals surface area contributed by atoms with Crippen molar-refractivity contribution in [2.75, 3.05) is 5.73 Å². The van der Waals surface area contributed by atoms with Gasteiger partial charge in [-0.25, -0.2) is 0 Å². The van der Waals surface area contributed by atoms with E-state index in [1.165, 1.54) is 12.1 Å².